The smallest absolute Gasteiger partial charge is 0.407 e. The lowest BCUT2D eigenvalue weighted by Crippen LogP contribution is -2.25. The van der Waals surface area contributed by atoms with Gasteiger partial charge in [0, 0.05) is 6.54 Å². The van der Waals surface area contributed by atoms with Crippen LogP contribution in [-0.4, -0.2) is 26.2 Å². The summed E-state index contributed by atoms with van der Waals surface area (Å²) in [6.07, 6.45) is 4.19. The van der Waals surface area contributed by atoms with Gasteiger partial charge in [0.05, 0.1) is 0 Å². The number of benzene rings is 1. The van der Waals surface area contributed by atoms with Crippen molar-refractivity contribution in [3.8, 4) is 0 Å². The summed E-state index contributed by atoms with van der Waals surface area (Å²) in [7, 11) is 1.96. The predicted molar refractivity (Wildman–Crippen MR) is 77.0 cm³/mol. The van der Waals surface area contributed by atoms with Crippen LogP contribution in [0.1, 0.15) is 31.2 Å². The Kier molecular flexibility index (Phi) is 8.47. The van der Waals surface area contributed by atoms with E-state index in [4.69, 9.17) is 4.74 Å². The molecule has 1 aromatic carbocycles. The van der Waals surface area contributed by atoms with E-state index < -0.39 is 0 Å². The standard InChI is InChI=1S/C15H24N2O2/c1-16-11-7-2-3-8-12-17-15(18)19-13-14-9-5-4-6-10-14/h4-6,9-10,16H,2-3,7-8,11-13H2,1H3,(H,17,18). The lowest BCUT2D eigenvalue weighted by molar-refractivity contribution is 0.139. The Labute approximate surface area is 115 Å². The Hall–Kier alpha value is -1.55. The first-order valence-corrected chi connectivity index (χ1v) is 6.92. The van der Waals surface area contributed by atoms with Gasteiger partial charge in [0.25, 0.3) is 0 Å². The Morgan fingerprint density at radius 3 is 2.42 bits per heavy atom. The van der Waals surface area contributed by atoms with Crippen molar-refractivity contribution in [3.05, 3.63) is 35.9 Å². The van der Waals surface area contributed by atoms with Gasteiger partial charge >= 0.3 is 6.09 Å². The first-order chi connectivity index (χ1) is 9.33. The number of hydrogen-bond donors (Lipinski definition) is 2. The highest BCUT2D eigenvalue weighted by molar-refractivity contribution is 5.67. The maximum atomic E-state index is 11.4. The molecule has 0 aromatic heterocycles. The van der Waals surface area contributed by atoms with Crippen LogP contribution in [0.25, 0.3) is 0 Å². The summed E-state index contributed by atoms with van der Waals surface area (Å²) >= 11 is 0. The Morgan fingerprint density at radius 2 is 1.74 bits per heavy atom. The molecule has 0 bridgehead atoms. The van der Waals surface area contributed by atoms with Crippen LogP contribution >= 0.6 is 0 Å². The number of ether oxygens (including phenoxy) is 1. The highest BCUT2D eigenvalue weighted by Gasteiger charge is 2.01. The van der Waals surface area contributed by atoms with Crippen molar-refractivity contribution in [2.75, 3.05) is 20.1 Å². The minimum atomic E-state index is -0.334. The van der Waals surface area contributed by atoms with Crippen LogP contribution in [0.5, 0.6) is 0 Å². The molecule has 19 heavy (non-hydrogen) atoms. The fourth-order valence-corrected chi connectivity index (χ4v) is 1.74. The molecule has 4 nitrogen and oxygen atoms in total. The van der Waals surface area contributed by atoms with E-state index >= 15 is 0 Å². The molecular weight excluding hydrogens is 240 g/mol. The molecule has 0 saturated heterocycles. The molecule has 0 spiro atoms. The van der Waals surface area contributed by atoms with Crippen molar-refractivity contribution in [3.63, 3.8) is 0 Å². The first-order valence-electron chi connectivity index (χ1n) is 6.92. The molecule has 0 aliphatic rings. The van der Waals surface area contributed by atoms with Crippen LogP contribution in [0.4, 0.5) is 4.79 Å². The summed E-state index contributed by atoms with van der Waals surface area (Å²) in [5.74, 6) is 0. The average Bonchev–Trinajstić information content (AvgIpc) is 2.45. The normalized spacial score (nSPS) is 10.2. The summed E-state index contributed by atoms with van der Waals surface area (Å²) in [5, 5.41) is 5.89. The van der Waals surface area contributed by atoms with Crippen LogP contribution in [0.2, 0.25) is 0 Å². The topological polar surface area (TPSA) is 50.4 Å². The van der Waals surface area contributed by atoms with E-state index in [1.54, 1.807) is 0 Å². The summed E-state index contributed by atoms with van der Waals surface area (Å²) in [6, 6.07) is 9.69. The number of nitrogens with one attached hydrogen (secondary N) is 2. The van der Waals surface area contributed by atoms with Crippen LogP contribution in [0, 0.1) is 0 Å². The predicted octanol–water partition coefficient (Wildman–Crippen LogP) is 2.69. The molecule has 0 atom stereocenters. The molecule has 0 aliphatic heterocycles. The third-order valence-electron chi connectivity index (χ3n) is 2.84. The van der Waals surface area contributed by atoms with Crippen molar-refractivity contribution in [2.24, 2.45) is 0 Å². The summed E-state index contributed by atoms with van der Waals surface area (Å²) < 4.78 is 5.11. The highest BCUT2D eigenvalue weighted by atomic mass is 16.5. The molecule has 0 saturated carbocycles. The van der Waals surface area contributed by atoms with E-state index in [2.05, 4.69) is 10.6 Å². The zero-order valence-electron chi connectivity index (χ0n) is 11.7. The molecule has 0 aliphatic carbocycles. The van der Waals surface area contributed by atoms with Gasteiger partial charge in [-0.1, -0.05) is 43.2 Å². The van der Waals surface area contributed by atoms with E-state index in [9.17, 15) is 4.79 Å². The van der Waals surface area contributed by atoms with Crippen LogP contribution in [0.3, 0.4) is 0 Å². The maximum Gasteiger partial charge on any atom is 0.407 e. The van der Waals surface area contributed by atoms with Gasteiger partial charge in [0.2, 0.25) is 0 Å². The van der Waals surface area contributed by atoms with Gasteiger partial charge in [-0.15, -0.1) is 0 Å². The second kappa shape index (κ2) is 10.4. The van der Waals surface area contributed by atoms with Crippen molar-refractivity contribution >= 4 is 6.09 Å². The van der Waals surface area contributed by atoms with Crippen molar-refractivity contribution < 1.29 is 9.53 Å². The van der Waals surface area contributed by atoms with E-state index in [-0.39, 0.29) is 6.09 Å². The summed E-state index contributed by atoms with van der Waals surface area (Å²) in [4.78, 5) is 11.4. The summed E-state index contributed by atoms with van der Waals surface area (Å²) in [6.45, 7) is 2.08. The van der Waals surface area contributed by atoms with Gasteiger partial charge in [0.1, 0.15) is 6.61 Å². The summed E-state index contributed by atoms with van der Waals surface area (Å²) in [5.41, 5.74) is 1.00. The second-order valence-corrected chi connectivity index (χ2v) is 4.51. The quantitative estimate of drug-likeness (QED) is 0.674. The molecule has 1 aromatic rings. The fraction of sp³-hybridized carbons (Fsp3) is 0.533. The third-order valence-corrected chi connectivity index (χ3v) is 2.84. The molecule has 0 heterocycles. The number of unbranched alkanes of at least 4 members (excludes halogenated alkanes) is 3. The van der Waals surface area contributed by atoms with E-state index in [1.807, 2.05) is 37.4 Å². The number of rotatable bonds is 9. The van der Waals surface area contributed by atoms with E-state index in [1.165, 1.54) is 12.8 Å². The number of amides is 1. The van der Waals surface area contributed by atoms with Crippen molar-refractivity contribution in [1.29, 1.82) is 0 Å². The van der Waals surface area contributed by atoms with Gasteiger partial charge in [-0.25, -0.2) is 4.79 Å². The average molecular weight is 264 g/mol. The fourth-order valence-electron chi connectivity index (χ4n) is 1.74. The van der Waals surface area contributed by atoms with Crippen LogP contribution in [-0.2, 0) is 11.3 Å². The Bertz CT molecular complexity index is 341. The second-order valence-electron chi connectivity index (χ2n) is 4.51. The molecule has 0 radical (unpaired) electrons. The molecule has 4 heteroatoms. The van der Waals surface area contributed by atoms with Gasteiger partial charge in [-0.2, -0.15) is 0 Å². The van der Waals surface area contributed by atoms with Gasteiger partial charge in [0.15, 0.2) is 0 Å². The largest absolute Gasteiger partial charge is 0.445 e. The third kappa shape index (κ3) is 8.21. The van der Waals surface area contributed by atoms with Crippen LogP contribution in [0.15, 0.2) is 30.3 Å². The number of alkyl carbamates (subject to hydrolysis) is 1. The number of carbonyl (C=O) groups is 1. The molecular formula is C15H24N2O2. The highest BCUT2D eigenvalue weighted by Crippen LogP contribution is 2.01. The number of carbonyl (C=O) groups excluding carboxylic acids is 1. The van der Waals surface area contributed by atoms with Crippen molar-refractivity contribution in [2.45, 2.75) is 32.3 Å². The minimum absolute atomic E-state index is 0.328. The van der Waals surface area contributed by atoms with Gasteiger partial charge in [-0.05, 0) is 32.0 Å². The molecule has 0 unspecified atom stereocenters. The van der Waals surface area contributed by atoms with Crippen molar-refractivity contribution in [1.82, 2.24) is 10.6 Å². The Balaban J connectivity index is 1.96. The SMILES string of the molecule is CNCCCCCCNC(=O)OCc1ccccc1. The van der Waals surface area contributed by atoms with Gasteiger partial charge in [-0.3, -0.25) is 0 Å². The molecule has 1 amide bonds. The maximum absolute atomic E-state index is 11.4. The minimum Gasteiger partial charge on any atom is -0.445 e. The zero-order chi connectivity index (χ0) is 13.8. The molecule has 2 N–H and O–H groups in total. The lowest BCUT2D eigenvalue weighted by Gasteiger charge is -2.07. The molecule has 0 fully saturated rings. The van der Waals surface area contributed by atoms with Crippen LogP contribution < -0.4 is 10.6 Å². The monoisotopic (exact) mass is 264 g/mol. The first kappa shape index (κ1) is 15.5. The lowest BCUT2D eigenvalue weighted by atomic mass is 10.2. The van der Waals surface area contributed by atoms with E-state index in [0.29, 0.717) is 13.2 Å². The van der Waals surface area contributed by atoms with E-state index in [0.717, 1.165) is 24.9 Å². The number of hydrogen-bond acceptors (Lipinski definition) is 3. The molecule has 106 valence electrons. The Morgan fingerprint density at radius 1 is 1.05 bits per heavy atom. The zero-order valence-corrected chi connectivity index (χ0v) is 11.7. The molecule has 1 rings (SSSR count). The van der Waals surface area contributed by atoms with Gasteiger partial charge < -0.3 is 15.4 Å².